The highest BCUT2D eigenvalue weighted by Gasteiger charge is 2.22. The molecule has 1 aromatic rings. The first-order chi connectivity index (χ1) is 12.4. The Labute approximate surface area is 173 Å². The number of rotatable bonds is 7. The summed E-state index contributed by atoms with van der Waals surface area (Å²) in [6.45, 7) is 8.86. The van der Waals surface area contributed by atoms with Gasteiger partial charge < -0.3 is 16.0 Å². The Balaban J connectivity index is 0.00000364. The van der Waals surface area contributed by atoms with Crippen LogP contribution < -0.4 is 16.0 Å². The summed E-state index contributed by atoms with van der Waals surface area (Å²) in [6, 6.07) is 5.01. The van der Waals surface area contributed by atoms with Gasteiger partial charge in [-0.3, -0.25) is 9.59 Å². The fourth-order valence-electron chi connectivity index (χ4n) is 3.20. The van der Waals surface area contributed by atoms with E-state index in [0.717, 1.165) is 13.1 Å². The van der Waals surface area contributed by atoms with Crippen LogP contribution in [-0.2, 0) is 4.79 Å². The van der Waals surface area contributed by atoms with Crippen molar-refractivity contribution in [3.8, 4) is 0 Å². The number of halogens is 2. The number of hydrogen-bond acceptors (Lipinski definition) is 3. The lowest BCUT2D eigenvalue weighted by atomic mass is 9.85. The molecule has 1 heterocycles. The highest BCUT2D eigenvalue weighted by Crippen LogP contribution is 2.24. The van der Waals surface area contributed by atoms with Gasteiger partial charge in [0.2, 0.25) is 5.91 Å². The molecule has 0 spiro atoms. The first-order valence-electron chi connectivity index (χ1n) is 9.45. The predicted octanol–water partition coefficient (Wildman–Crippen LogP) is 4.11. The molecule has 1 aliphatic heterocycles. The van der Waals surface area contributed by atoms with Crippen molar-refractivity contribution in [1.82, 2.24) is 10.6 Å². The van der Waals surface area contributed by atoms with Gasteiger partial charge >= 0.3 is 0 Å². The Bertz CT molecular complexity index is 632. The molecule has 7 heteroatoms. The van der Waals surface area contributed by atoms with Crippen LogP contribution >= 0.6 is 24.0 Å². The molecule has 2 unspecified atom stereocenters. The van der Waals surface area contributed by atoms with Crippen molar-refractivity contribution < 1.29 is 9.59 Å². The van der Waals surface area contributed by atoms with Crippen molar-refractivity contribution in [3.05, 3.63) is 28.8 Å². The lowest BCUT2D eigenvalue weighted by molar-refractivity contribution is -0.117. The molecular weight excluding hydrogens is 385 g/mol. The van der Waals surface area contributed by atoms with Gasteiger partial charge in [-0.1, -0.05) is 32.4 Å². The van der Waals surface area contributed by atoms with Crippen LogP contribution in [0.2, 0.25) is 5.02 Å². The smallest absolute Gasteiger partial charge is 0.252 e. The van der Waals surface area contributed by atoms with Gasteiger partial charge in [0, 0.05) is 18.7 Å². The Hall–Kier alpha value is -1.30. The van der Waals surface area contributed by atoms with E-state index < -0.39 is 0 Å². The van der Waals surface area contributed by atoms with Gasteiger partial charge in [-0.05, 0) is 61.9 Å². The normalized spacial score (nSPS) is 17.7. The molecule has 1 aliphatic rings. The number of benzene rings is 1. The van der Waals surface area contributed by atoms with Crippen LogP contribution in [0.4, 0.5) is 5.69 Å². The summed E-state index contributed by atoms with van der Waals surface area (Å²) in [5.41, 5.74) is 1.04. The largest absolute Gasteiger partial charge is 0.352 e. The Morgan fingerprint density at radius 2 is 2.04 bits per heavy atom. The molecule has 0 aromatic heterocycles. The van der Waals surface area contributed by atoms with Crippen molar-refractivity contribution in [3.63, 3.8) is 0 Å². The van der Waals surface area contributed by atoms with E-state index in [9.17, 15) is 9.59 Å². The summed E-state index contributed by atoms with van der Waals surface area (Å²) < 4.78 is 0. The first-order valence-corrected chi connectivity index (χ1v) is 9.83. The van der Waals surface area contributed by atoms with Crippen LogP contribution in [-0.4, -0.2) is 31.4 Å². The van der Waals surface area contributed by atoms with Crippen LogP contribution in [0.15, 0.2) is 18.2 Å². The third kappa shape index (κ3) is 7.68. The maximum absolute atomic E-state index is 12.3. The van der Waals surface area contributed by atoms with E-state index in [-0.39, 0.29) is 24.2 Å². The number of carbonyl (C=O) groups is 2. The number of amides is 2. The van der Waals surface area contributed by atoms with Gasteiger partial charge in [-0.25, -0.2) is 0 Å². The zero-order valence-corrected chi connectivity index (χ0v) is 17.9. The monoisotopic (exact) mass is 415 g/mol. The highest BCUT2D eigenvalue weighted by atomic mass is 35.5. The predicted molar refractivity (Wildman–Crippen MR) is 114 cm³/mol. The second kappa shape index (κ2) is 11.5. The molecule has 5 nitrogen and oxygen atoms in total. The van der Waals surface area contributed by atoms with Crippen molar-refractivity contribution >= 4 is 41.5 Å². The molecule has 1 aromatic carbocycles. The van der Waals surface area contributed by atoms with Crippen molar-refractivity contribution in [2.45, 2.75) is 40.0 Å². The van der Waals surface area contributed by atoms with E-state index >= 15 is 0 Å². The Morgan fingerprint density at radius 1 is 1.30 bits per heavy atom. The van der Waals surface area contributed by atoms with Gasteiger partial charge in [-0.2, -0.15) is 0 Å². The molecule has 0 aliphatic carbocycles. The lowest BCUT2D eigenvalue weighted by Crippen LogP contribution is -2.34. The van der Waals surface area contributed by atoms with Crippen molar-refractivity contribution in [2.75, 3.05) is 25.0 Å². The summed E-state index contributed by atoms with van der Waals surface area (Å²) in [6.07, 6.45) is 2.83. The van der Waals surface area contributed by atoms with Gasteiger partial charge in [0.25, 0.3) is 5.91 Å². The van der Waals surface area contributed by atoms with E-state index in [1.807, 2.05) is 13.8 Å². The Morgan fingerprint density at radius 3 is 2.63 bits per heavy atom. The van der Waals surface area contributed by atoms with E-state index in [0.29, 0.717) is 47.0 Å². The molecule has 0 saturated carbocycles. The maximum atomic E-state index is 12.3. The fourth-order valence-corrected chi connectivity index (χ4v) is 3.47. The molecule has 2 rings (SSSR count). The molecule has 1 saturated heterocycles. The number of piperidine rings is 1. The SMILES string of the molecule is CC(C)CNC(=O)c1ccc(NC(=O)CC(C)C2CCCNC2)cc1Cl.Cl. The van der Waals surface area contributed by atoms with Gasteiger partial charge in [0.05, 0.1) is 10.6 Å². The van der Waals surface area contributed by atoms with Crippen LogP contribution in [0.3, 0.4) is 0 Å². The minimum absolute atomic E-state index is 0. The van der Waals surface area contributed by atoms with Crippen LogP contribution in [0, 0.1) is 17.8 Å². The maximum Gasteiger partial charge on any atom is 0.252 e. The van der Waals surface area contributed by atoms with E-state index in [1.165, 1.54) is 12.8 Å². The van der Waals surface area contributed by atoms with Gasteiger partial charge in [0.1, 0.15) is 0 Å². The van der Waals surface area contributed by atoms with Crippen LogP contribution in [0.25, 0.3) is 0 Å². The highest BCUT2D eigenvalue weighted by molar-refractivity contribution is 6.34. The van der Waals surface area contributed by atoms with E-state index in [2.05, 4.69) is 22.9 Å². The average Bonchev–Trinajstić information content (AvgIpc) is 2.60. The third-order valence-corrected chi connectivity index (χ3v) is 5.13. The van der Waals surface area contributed by atoms with E-state index in [4.69, 9.17) is 11.6 Å². The molecule has 2 atom stereocenters. The summed E-state index contributed by atoms with van der Waals surface area (Å²) in [5.74, 6) is 1.04. The van der Waals surface area contributed by atoms with Gasteiger partial charge in [0.15, 0.2) is 0 Å². The molecule has 0 radical (unpaired) electrons. The molecule has 152 valence electrons. The standard InChI is InChI=1S/C20H30ClN3O2.ClH/c1-13(2)11-23-20(26)17-7-6-16(10-18(17)21)24-19(25)9-14(3)15-5-4-8-22-12-15;/h6-7,10,13-15,22H,4-5,8-9,11-12H2,1-3H3,(H,23,26)(H,24,25);1H. The number of anilines is 1. The summed E-state index contributed by atoms with van der Waals surface area (Å²) >= 11 is 6.23. The summed E-state index contributed by atoms with van der Waals surface area (Å²) in [7, 11) is 0. The number of nitrogens with one attached hydrogen (secondary N) is 3. The van der Waals surface area contributed by atoms with Crippen molar-refractivity contribution in [2.24, 2.45) is 17.8 Å². The summed E-state index contributed by atoms with van der Waals surface area (Å²) in [4.78, 5) is 24.5. The van der Waals surface area contributed by atoms with E-state index in [1.54, 1.807) is 18.2 Å². The second-order valence-electron chi connectivity index (χ2n) is 7.63. The fraction of sp³-hybridized carbons (Fsp3) is 0.600. The zero-order valence-electron chi connectivity index (χ0n) is 16.3. The minimum Gasteiger partial charge on any atom is -0.352 e. The Kier molecular flexibility index (Phi) is 10.1. The second-order valence-corrected chi connectivity index (χ2v) is 8.04. The van der Waals surface area contributed by atoms with Crippen LogP contribution in [0.5, 0.6) is 0 Å². The molecule has 3 N–H and O–H groups in total. The summed E-state index contributed by atoms with van der Waals surface area (Å²) in [5, 5.41) is 9.47. The quantitative estimate of drug-likeness (QED) is 0.627. The molecule has 0 bridgehead atoms. The van der Waals surface area contributed by atoms with Crippen LogP contribution in [0.1, 0.15) is 50.4 Å². The zero-order chi connectivity index (χ0) is 19.1. The third-order valence-electron chi connectivity index (χ3n) is 4.82. The average molecular weight is 416 g/mol. The number of carbonyl (C=O) groups excluding carboxylic acids is 2. The number of hydrogen-bond donors (Lipinski definition) is 3. The van der Waals surface area contributed by atoms with Crippen molar-refractivity contribution in [1.29, 1.82) is 0 Å². The molecular formula is C20H31Cl2N3O2. The molecule has 2 amide bonds. The van der Waals surface area contributed by atoms with Gasteiger partial charge in [-0.15, -0.1) is 12.4 Å². The first kappa shape index (κ1) is 23.7. The molecule has 1 fully saturated rings. The topological polar surface area (TPSA) is 70.2 Å². The minimum atomic E-state index is -0.194. The lowest BCUT2D eigenvalue weighted by Gasteiger charge is -2.28. The molecule has 27 heavy (non-hydrogen) atoms.